The van der Waals surface area contributed by atoms with E-state index in [1.807, 2.05) is 43.3 Å². The van der Waals surface area contributed by atoms with Crippen molar-refractivity contribution >= 4 is 32.8 Å². The van der Waals surface area contributed by atoms with Gasteiger partial charge in [0.2, 0.25) is 0 Å². The molecule has 1 aromatic heterocycles. The highest BCUT2D eigenvalue weighted by Gasteiger charge is 2.17. The Morgan fingerprint density at radius 2 is 1.88 bits per heavy atom. The molecule has 136 valence electrons. The Morgan fingerprint density at radius 1 is 1.12 bits per heavy atom. The van der Waals surface area contributed by atoms with Gasteiger partial charge in [-0.3, -0.25) is 4.79 Å². The Hall–Kier alpha value is -2.47. The second-order valence-electron chi connectivity index (χ2n) is 5.89. The van der Waals surface area contributed by atoms with Crippen LogP contribution in [0.2, 0.25) is 0 Å². The van der Waals surface area contributed by atoms with Gasteiger partial charge in [0.25, 0.3) is 5.91 Å². The smallest absolute Gasteiger partial charge is 0.287 e. The monoisotopic (exact) mass is 417 g/mol. The number of benzene rings is 2. The van der Waals surface area contributed by atoms with Gasteiger partial charge in [0, 0.05) is 22.0 Å². The first-order valence-corrected chi connectivity index (χ1v) is 9.00. The number of carbonyl (C=O) groups excluding carboxylic acids is 1. The summed E-state index contributed by atoms with van der Waals surface area (Å²) >= 11 is 3.44. The maximum absolute atomic E-state index is 12.5. The number of furan rings is 1. The molecule has 0 bridgehead atoms. The summed E-state index contributed by atoms with van der Waals surface area (Å²) in [6.45, 7) is 2.38. The zero-order valence-electron chi connectivity index (χ0n) is 14.9. The van der Waals surface area contributed by atoms with Crippen LogP contribution in [0.5, 0.6) is 11.5 Å². The van der Waals surface area contributed by atoms with Gasteiger partial charge >= 0.3 is 0 Å². The zero-order chi connectivity index (χ0) is 18.7. The molecule has 0 saturated carbocycles. The predicted octanol–water partition coefficient (Wildman–Crippen LogP) is 4.49. The van der Waals surface area contributed by atoms with Gasteiger partial charge in [0.1, 0.15) is 5.58 Å². The first-order valence-electron chi connectivity index (χ1n) is 8.21. The molecular formula is C20H20BrNO4. The molecule has 0 radical (unpaired) electrons. The summed E-state index contributed by atoms with van der Waals surface area (Å²) in [5.74, 6) is 1.50. The predicted molar refractivity (Wildman–Crippen MR) is 104 cm³/mol. The van der Waals surface area contributed by atoms with Crippen molar-refractivity contribution in [3.05, 3.63) is 57.8 Å². The molecule has 2 aromatic carbocycles. The number of amides is 1. The first-order chi connectivity index (χ1) is 12.5. The highest BCUT2D eigenvalue weighted by atomic mass is 79.9. The second kappa shape index (κ2) is 7.83. The van der Waals surface area contributed by atoms with E-state index in [0.717, 1.165) is 21.0 Å². The SMILES string of the molecule is COc1ccc(CCNC(=O)c2oc3ccc(Br)cc3c2C)cc1OC. The van der Waals surface area contributed by atoms with Crippen molar-refractivity contribution in [1.82, 2.24) is 5.32 Å². The first kappa shape index (κ1) is 18.3. The molecule has 3 rings (SSSR count). The Kier molecular flexibility index (Phi) is 5.52. The van der Waals surface area contributed by atoms with E-state index in [0.29, 0.717) is 35.8 Å². The highest BCUT2D eigenvalue weighted by molar-refractivity contribution is 9.10. The van der Waals surface area contributed by atoms with Crippen LogP contribution in [0.15, 0.2) is 45.3 Å². The number of ether oxygens (including phenoxy) is 2. The largest absolute Gasteiger partial charge is 0.493 e. The number of fused-ring (bicyclic) bond motifs is 1. The van der Waals surface area contributed by atoms with Crippen LogP contribution in [0.25, 0.3) is 11.0 Å². The number of aryl methyl sites for hydroxylation is 1. The number of carbonyl (C=O) groups is 1. The molecule has 0 fully saturated rings. The number of hydrogen-bond donors (Lipinski definition) is 1. The average molecular weight is 418 g/mol. The van der Waals surface area contributed by atoms with Crippen molar-refractivity contribution in [1.29, 1.82) is 0 Å². The van der Waals surface area contributed by atoms with Crippen LogP contribution in [0.4, 0.5) is 0 Å². The van der Waals surface area contributed by atoms with Crippen LogP contribution in [0.3, 0.4) is 0 Å². The van der Waals surface area contributed by atoms with Crippen molar-refractivity contribution in [3.63, 3.8) is 0 Å². The average Bonchev–Trinajstić information content (AvgIpc) is 2.97. The molecule has 5 nitrogen and oxygen atoms in total. The standard InChI is InChI=1S/C20H20BrNO4/c1-12-15-11-14(21)5-7-16(15)26-19(12)20(23)22-9-8-13-4-6-17(24-2)18(10-13)25-3/h4-7,10-11H,8-9H2,1-3H3,(H,22,23). The second-order valence-corrected chi connectivity index (χ2v) is 6.81. The van der Waals surface area contributed by atoms with E-state index in [-0.39, 0.29) is 5.91 Å². The Balaban J connectivity index is 1.67. The number of rotatable bonds is 6. The quantitative estimate of drug-likeness (QED) is 0.641. The van der Waals surface area contributed by atoms with Crippen molar-refractivity contribution < 1.29 is 18.7 Å². The lowest BCUT2D eigenvalue weighted by Crippen LogP contribution is -2.25. The molecule has 0 aliphatic rings. The van der Waals surface area contributed by atoms with E-state index in [1.54, 1.807) is 14.2 Å². The molecule has 1 amide bonds. The summed E-state index contributed by atoms with van der Waals surface area (Å²) in [7, 11) is 3.21. The minimum atomic E-state index is -0.213. The summed E-state index contributed by atoms with van der Waals surface area (Å²) in [6.07, 6.45) is 0.677. The minimum absolute atomic E-state index is 0.213. The summed E-state index contributed by atoms with van der Waals surface area (Å²) in [5, 5.41) is 3.85. The van der Waals surface area contributed by atoms with Crippen LogP contribution in [0, 0.1) is 6.92 Å². The lowest BCUT2D eigenvalue weighted by molar-refractivity contribution is 0.0928. The normalized spacial score (nSPS) is 10.8. The fourth-order valence-electron chi connectivity index (χ4n) is 2.85. The van der Waals surface area contributed by atoms with Gasteiger partial charge < -0.3 is 19.2 Å². The van der Waals surface area contributed by atoms with Crippen LogP contribution in [-0.4, -0.2) is 26.7 Å². The Labute approximate surface area is 160 Å². The van der Waals surface area contributed by atoms with Crippen LogP contribution in [-0.2, 0) is 6.42 Å². The van der Waals surface area contributed by atoms with Gasteiger partial charge in [-0.25, -0.2) is 0 Å². The van der Waals surface area contributed by atoms with Crippen molar-refractivity contribution in [2.75, 3.05) is 20.8 Å². The molecule has 6 heteroatoms. The third kappa shape index (κ3) is 3.70. The van der Waals surface area contributed by atoms with Gasteiger partial charge in [0.05, 0.1) is 14.2 Å². The van der Waals surface area contributed by atoms with Crippen molar-refractivity contribution in [3.8, 4) is 11.5 Å². The molecular weight excluding hydrogens is 398 g/mol. The third-order valence-corrected chi connectivity index (χ3v) is 4.74. The highest BCUT2D eigenvalue weighted by Crippen LogP contribution is 2.29. The number of halogens is 1. The maximum atomic E-state index is 12.5. The molecule has 0 saturated heterocycles. The Bertz CT molecular complexity index is 948. The molecule has 3 aromatic rings. The molecule has 1 heterocycles. The van der Waals surface area contributed by atoms with Gasteiger partial charge in [-0.05, 0) is 49.2 Å². The van der Waals surface area contributed by atoms with E-state index in [4.69, 9.17) is 13.9 Å². The molecule has 0 spiro atoms. The zero-order valence-corrected chi connectivity index (χ0v) is 16.5. The Morgan fingerprint density at radius 3 is 2.62 bits per heavy atom. The fourth-order valence-corrected chi connectivity index (χ4v) is 3.21. The molecule has 0 unspecified atom stereocenters. The summed E-state index contributed by atoms with van der Waals surface area (Å²) in [4.78, 5) is 12.5. The molecule has 0 atom stereocenters. The van der Waals surface area contributed by atoms with Gasteiger partial charge in [0.15, 0.2) is 17.3 Å². The van der Waals surface area contributed by atoms with Crippen molar-refractivity contribution in [2.24, 2.45) is 0 Å². The van der Waals surface area contributed by atoms with Crippen LogP contribution in [0.1, 0.15) is 21.7 Å². The lowest BCUT2D eigenvalue weighted by atomic mass is 10.1. The fraction of sp³-hybridized carbons (Fsp3) is 0.250. The summed E-state index contributed by atoms with van der Waals surface area (Å²) in [5.41, 5.74) is 2.59. The number of nitrogens with one attached hydrogen (secondary N) is 1. The van der Waals surface area contributed by atoms with Gasteiger partial charge in [-0.15, -0.1) is 0 Å². The van der Waals surface area contributed by atoms with Crippen LogP contribution < -0.4 is 14.8 Å². The summed E-state index contributed by atoms with van der Waals surface area (Å²) in [6, 6.07) is 11.4. The van der Waals surface area contributed by atoms with Gasteiger partial charge in [-0.1, -0.05) is 22.0 Å². The molecule has 0 aliphatic carbocycles. The van der Waals surface area contributed by atoms with E-state index < -0.39 is 0 Å². The van der Waals surface area contributed by atoms with Crippen LogP contribution >= 0.6 is 15.9 Å². The third-order valence-electron chi connectivity index (χ3n) is 4.25. The summed E-state index contributed by atoms with van der Waals surface area (Å²) < 4.78 is 17.2. The van der Waals surface area contributed by atoms with E-state index in [1.165, 1.54) is 0 Å². The van der Waals surface area contributed by atoms with E-state index in [2.05, 4.69) is 21.2 Å². The number of methoxy groups -OCH3 is 2. The lowest BCUT2D eigenvalue weighted by Gasteiger charge is -2.10. The van der Waals surface area contributed by atoms with E-state index in [9.17, 15) is 4.79 Å². The van der Waals surface area contributed by atoms with Gasteiger partial charge in [-0.2, -0.15) is 0 Å². The number of hydrogen-bond acceptors (Lipinski definition) is 4. The molecule has 0 aliphatic heterocycles. The topological polar surface area (TPSA) is 60.7 Å². The molecule has 26 heavy (non-hydrogen) atoms. The van der Waals surface area contributed by atoms with Crippen molar-refractivity contribution in [2.45, 2.75) is 13.3 Å². The molecule has 1 N–H and O–H groups in total. The minimum Gasteiger partial charge on any atom is -0.493 e. The van der Waals surface area contributed by atoms with E-state index >= 15 is 0 Å². The maximum Gasteiger partial charge on any atom is 0.287 e.